The molecule has 0 N–H and O–H groups in total. The molecule has 21 heavy (non-hydrogen) atoms. The topological polar surface area (TPSA) is 81.3 Å². The number of nitro groups is 1. The van der Waals surface area contributed by atoms with Gasteiger partial charge in [0.2, 0.25) is 0 Å². The van der Waals surface area contributed by atoms with E-state index in [1.165, 1.54) is 23.1 Å². The summed E-state index contributed by atoms with van der Waals surface area (Å²) in [5, 5.41) is 15.0. The summed E-state index contributed by atoms with van der Waals surface area (Å²) in [5.41, 5.74) is 1.69. The number of aryl methyl sites for hydroxylation is 2. The maximum absolute atomic E-state index is 12.3. The summed E-state index contributed by atoms with van der Waals surface area (Å²) in [7, 11) is 3.48. The fourth-order valence-corrected chi connectivity index (χ4v) is 2.08. The number of nitrogens with zero attached hydrogens (tertiary/aromatic N) is 4. The molecule has 1 aromatic carbocycles. The van der Waals surface area contributed by atoms with Gasteiger partial charge in [0, 0.05) is 37.5 Å². The van der Waals surface area contributed by atoms with Gasteiger partial charge in [0.15, 0.2) is 0 Å². The van der Waals surface area contributed by atoms with E-state index in [1.54, 1.807) is 18.7 Å². The second kappa shape index (κ2) is 5.74. The van der Waals surface area contributed by atoms with Crippen molar-refractivity contribution in [2.24, 2.45) is 7.05 Å². The molecule has 0 aliphatic carbocycles. The van der Waals surface area contributed by atoms with Gasteiger partial charge in [-0.05, 0) is 25.1 Å². The summed E-state index contributed by atoms with van der Waals surface area (Å²) in [6.45, 7) is 2.00. The normalized spacial score (nSPS) is 10.4. The fourth-order valence-electron chi connectivity index (χ4n) is 2.08. The SMILES string of the molecule is Cc1cc(C(=O)N(C)Cc2ccn(C)n2)ccc1[N+](=O)[O-]. The van der Waals surface area contributed by atoms with Gasteiger partial charge in [0.05, 0.1) is 17.2 Å². The van der Waals surface area contributed by atoms with Crippen LogP contribution in [0.25, 0.3) is 0 Å². The maximum Gasteiger partial charge on any atom is 0.272 e. The van der Waals surface area contributed by atoms with Gasteiger partial charge in [-0.25, -0.2) is 0 Å². The molecule has 1 heterocycles. The molecule has 0 fully saturated rings. The number of hydrogen-bond donors (Lipinski definition) is 0. The molecule has 0 aliphatic heterocycles. The van der Waals surface area contributed by atoms with Crippen LogP contribution in [0.1, 0.15) is 21.6 Å². The number of rotatable bonds is 4. The number of carbonyl (C=O) groups excluding carboxylic acids is 1. The van der Waals surface area contributed by atoms with Gasteiger partial charge < -0.3 is 4.90 Å². The first-order valence-electron chi connectivity index (χ1n) is 6.37. The average molecular weight is 288 g/mol. The number of hydrogen-bond acceptors (Lipinski definition) is 4. The molecule has 0 saturated carbocycles. The number of aromatic nitrogens is 2. The number of nitro benzene ring substituents is 1. The Balaban J connectivity index is 2.15. The lowest BCUT2D eigenvalue weighted by molar-refractivity contribution is -0.385. The van der Waals surface area contributed by atoms with Gasteiger partial charge >= 0.3 is 0 Å². The zero-order valence-corrected chi connectivity index (χ0v) is 12.1. The van der Waals surface area contributed by atoms with Crippen LogP contribution in [0.3, 0.4) is 0 Å². The van der Waals surface area contributed by atoms with E-state index in [9.17, 15) is 14.9 Å². The minimum Gasteiger partial charge on any atom is -0.336 e. The van der Waals surface area contributed by atoms with Gasteiger partial charge in [0.1, 0.15) is 0 Å². The Morgan fingerprint density at radius 3 is 2.67 bits per heavy atom. The van der Waals surface area contributed by atoms with Crippen molar-refractivity contribution in [1.82, 2.24) is 14.7 Å². The molecule has 1 amide bonds. The molecule has 7 heteroatoms. The van der Waals surface area contributed by atoms with Crippen LogP contribution in [0.4, 0.5) is 5.69 Å². The standard InChI is InChI=1S/C14H16N4O3/c1-10-8-11(4-5-13(10)18(20)21)14(19)16(2)9-12-6-7-17(3)15-12/h4-8H,9H2,1-3H3. The van der Waals surface area contributed by atoms with Crippen LogP contribution in [0, 0.1) is 17.0 Å². The summed E-state index contributed by atoms with van der Waals surface area (Å²) in [6.07, 6.45) is 1.81. The van der Waals surface area contributed by atoms with Crippen molar-refractivity contribution in [3.63, 3.8) is 0 Å². The van der Waals surface area contributed by atoms with Crippen molar-refractivity contribution < 1.29 is 9.72 Å². The minimum atomic E-state index is -0.457. The van der Waals surface area contributed by atoms with E-state index in [-0.39, 0.29) is 11.6 Å². The first kappa shape index (κ1) is 14.7. The molecule has 2 rings (SSSR count). The third-order valence-corrected chi connectivity index (χ3v) is 3.16. The smallest absolute Gasteiger partial charge is 0.272 e. The largest absolute Gasteiger partial charge is 0.336 e. The summed E-state index contributed by atoms with van der Waals surface area (Å²) < 4.78 is 1.67. The monoisotopic (exact) mass is 288 g/mol. The van der Waals surface area contributed by atoms with Gasteiger partial charge in [-0.2, -0.15) is 5.10 Å². The first-order chi connectivity index (χ1) is 9.88. The average Bonchev–Trinajstić information content (AvgIpc) is 2.82. The third-order valence-electron chi connectivity index (χ3n) is 3.16. The van der Waals surface area contributed by atoms with Crippen LogP contribution >= 0.6 is 0 Å². The molecule has 0 radical (unpaired) electrons. The zero-order chi connectivity index (χ0) is 15.6. The van der Waals surface area contributed by atoms with Crippen molar-refractivity contribution in [3.05, 3.63) is 57.4 Å². The molecule has 7 nitrogen and oxygen atoms in total. The van der Waals surface area contributed by atoms with Crippen molar-refractivity contribution in [2.75, 3.05) is 7.05 Å². The highest BCUT2D eigenvalue weighted by Gasteiger charge is 2.17. The molecule has 0 spiro atoms. The van der Waals surface area contributed by atoms with Crippen molar-refractivity contribution >= 4 is 11.6 Å². The Morgan fingerprint density at radius 1 is 1.43 bits per heavy atom. The molecular formula is C14H16N4O3. The van der Waals surface area contributed by atoms with Crippen LogP contribution in [0.5, 0.6) is 0 Å². The van der Waals surface area contributed by atoms with Crippen molar-refractivity contribution in [2.45, 2.75) is 13.5 Å². The molecular weight excluding hydrogens is 272 g/mol. The lowest BCUT2D eigenvalue weighted by Gasteiger charge is -2.16. The second-order valence-corrected chi connectivity index (χ2v) is 4.90. The quantitative estimate of drug-likeness (QED) is 0.635. The number of carbonyl (C=O) groups is 1. The lowest BCUT2D eigenvalue weighted by Crippen LogP contribution is -2.26. The summed E-state index contributed by atoms with van der Waals surface area (Å²) in [4.78, 5) is 24.2. The van der Waals surface area contributed by atoms with E-state index in [4.69, 9.17) is 0 Å². The van der Waals surface area contributed by atoms with E-state index in [0.29, 0.717) is 17.7 Å². The third kappa shape index (κ3) is 3.25. The molecule has 110 valence electrons. The van der Waals surface area contributed by atoms with E-state index in [0.717, 1.165) is 5.69 Å². The molecule has 0 bridgehead atoms. The van der Waals surface area contributed by atoms with Crippen LogP contribution in [-0.2, 0) is 13.6 Å². The van der Waals surface area contributed by atoms with E-state index >= 15 is 0 Å². The first-order valence-corrected chi connectivity index (χ1v) is 6.37. The van der Waals surface area contributed by atoms with Gasteiger partial charge in [-0.3, -0.25) is 19.6 Å². The van der Waals surface area contributed by atoms with E-state index in [1.807, 2.05) is 19.3 Å². The molecule has 2 aromatic rings. The molecule has 0 atom stereocenters. The van der Waals surface area contributed by atoms with Gasteiger partial charge in [0.25, 0.3) is 11.6 Å². The minimum absolute atomic E-state index is 0.0129. The molecule has 1 aromatic heterocycles. The molecule has 0 saturated heterocycles. The number of amides is 1. The Morgan fingerprint density at radius 2 is 2.14 bits per heavy atom. The summed E-state index contributed by atoms with van der Waals surface area (Å²) >= 11 is 0. The summed E-state index contributed by atoms with van der Waals surface area (Å²) in [6, 6.07) is 6.21. The van der Waals surface area contributed by atoms with Gasteiger partial charge in [-0.1, -0.05) is 0 Å². The predicted molar refractivity (Wildman–Crippen MR) is 76.8 cm³/mol. The number of benzene rings is 1. The van der Waals surface area contributed by atoms with E-state index < -0.39 is 4.92 Å². The Hall–Kier alpha value is -2.70. The van der Waals surface area contributed by atoms with Crippen LogP contribution in [-0.4, -0.2) is 32.6 Å². The molecule has 0 unspecified atom stereocenters. The second-order valence-electron chi connectivity index (χ2n) is 4.90. The van der Waals surface area contributed by atoms with E-state index in [2.05, 4.69) is 5.10 Å². The highest BCUT2D eigenvalue weighted by molar-refractivity contribution is 5.94. The molecule has 0 aliphatic rings. The lowest BCUT2D eigenvalue weighted by atomic mass is 10.1. The van der Waals surface area contributed by atoms with Gasteiger partial charge in [-0.15, -0.1) is 0 Å². The zero-order valence-electron chi connectivity index (χ0n) is 12.1. The summed E-state index contributed by atoms with van der Waals surface area (Å²) in [5.74, 6) is -0.196. The Labute approximate surface area is 121 Å². The Bertz CT molecular complexity index is 693. The Kier molecular flexibility index (Phi) is 4.02. The van der Waals surface area contributed by atoms with Crippen LogP contribution in [0.2, 0.25) is 0 Å². The van der Waals surface area contributed by atoms with Crippen LogP contribution in [0.15, 0.2) is 30.5 Å². The van der Waals surface area contributed by atoms with Crippen molar-refractivity contribution in [3.8, 4) is 0 Å². The fraction of sp³-hybridized carbons (Fsp3) is 0.286. The predicted octanol–water partition coefficient (Wildman–Crippen LogP) is 1.91. The van der Waals surface area contributed by atoms with Crippen molar-refractivity contribution in [1.29, 1.82) is 0 Å². The highest BCUT2D eigenvalue weighted by atomic mass is 16.6. The maximum atomic E-state index is 12.3. The van der Waals surface area contributed by atoms with Crippen LogP contribution < -0.4 is 0 Å². The highest BCUT2D eigenvalue weighted by Crippen LogP contribution is 2.19.